The van der Waals surface area contributed by atoms with Crippen LogP contribution in [0, 0.1) is 0 Å². The molecule has 0 saturated carbocycles. The van der Waals surface area contributed by atoms with Crippen LogP contribution in [0.5, 0.6) is 0 Å². The summed E-state index contributed by atoms with van der Waals surface area (Å²) in [6.07, 6.45) is 2.43. The van der Waals surface area contributed by atoms with Gasteiger partial charge in [0.15, 0.2) is 5.16 Å². The Hall–Kier alpha value is -1.00. The third-order valence-corrected chi connectivity index (χ3v) is 3.87. The Bertz CT molecular complexity index is 433. The first-order valence-electron chi connectivity index (χ1n) is 6.08. The average molecular weight is 249 g/mol. The van der Waals surface area contributed by atoms with Crippen LogP contribution in [0.3, 0.4) is 0 Å². The van der Waals surface area contributed by atoms with Crippen molar-refractivity contribution in [2.75, 3.05) is 12.8 Å². The van der Waals surface area contributed by atoms with Gasteiger partial charge in [-0.2, -0.15) is 0 Å². The van der Waals surface area contributed by atoms with E-state index in [4.69, 9.17) is 0 Å². The average Bonchev–Trinajstić information content (AvgIpc) is 2.77. The van der Waals surface area contributed by atoms with Crippen molar-refractivity contribution in [3.63, 3.8) is 0 Å². The summed E-state index contributed by atoms with van der Waals surface area (Å²) in [5, 5.41) is 4.36. The molecular weight excluding hydrogens is 230 g/mol. The Morgan fingerprint density at radius 2 is 2.24 bits per heavy atom. The fourth-order valence-electron chi connectivity index (χ4n) is 1.84. The third-order valence-electron chi connectivity index (χ3n) is 2.83. The van der Waals surface area contributed by atoms with Gasteiger partial charge in [-0.1, -0.05) is 37.2 Å². The number of rotatable bonds is 6. The monoisotopic (exact) mass is 249 g/mol. The zero-order valence-corrected chi connectivity index (χ0v) is 11.2. The number of para-hydroxylation sites is 2. The minimum absolute atomic E-state index is 0.568. The molecule has 0 radical (unpaired) electrons. The highest BCUT2D eigenvalue weighted by molar-refractivity contribution is 7.99. The highest BCUT2D eigenvalue weighted by Gasteiger charge is 2.08. The molecule has 2 N–H and O–H groups in total. The molecule has 1 aromatic heterocycles. The van der Waals surface area contributed by atoms with E-state index < -0.39 is 0 Å². The summed E-state index contributed by atoms with van der Waals surface area (Å²) in [5.41, 5.74) is 2.16. The van der Waals surface area contributed by atoms with Crippen LogP contribution >= 0.6 is 11.8 Å². The summed E-state index contributed by atoms with van der Waals surface area (Å²) < 4.78 is 0. The number of nitrogens with one attached hydrogen (secondary N) is 2. The summed E-state index contributed by atoms with van der Waals surface area (Å²) in [4.78, 5) is 7.90. The molecule has 2 rings (SSSR count). The van der Waals surface area contributed by atoms with Crippen LogP contribution in [0.25, 0.3) is 11.0 Å². The van der Waals surface area contributed by atoms with Crippen LogP contribution in [0.15, 0.2) is 29.4 Å². The third kappa shape index (κ3) is 3.23. The standard InChI is InChI=1S/C13H19N3S/c1-3-6-10(14-2)9-17-13-15-11-7-4-5-8-12(11)16-13/h4-5,7-8,10,14H,3,6,9H2,1-2H3,(H,15,16). The number of thioether (sulfide) groups is 1. The molecule has 0 aliphatic carbocycles. The second-order valence-corrected chi connectivity index (χ2v) is 5.15. The number of aromatic nitrogens is 2. The fraction of sp³-hybridized carbons (Fsp3) is 0.462. The lowest BCUT2D eigenvalue weighted by Crippen LogP contribution is -2.27. The largest absolute Gasteiger partial charge is 0.333 e. The number of hydrogen-bond donors (Lipinski definition) is 2. The van der Waals surface area contributed by atoms with Crippen LogP contribution in [-0.4, -0.2) is 28.8 Å². The van der Waals surface area contributed by atoms with Crippen LogP contribution < -0.4 is 5.32 Å². The summed E-state index contributed by atoms with van der Waals surface area (Å²) in [5.74, 6) is 1.06. The Morgan fingerprint density at radius 3 is 2.94 bits per heavy atom. The molecule has 0 aliphatic heterocycles. The molecule has 17 heavy (non-hydrogen) atoms. The Labute approximate surface area is 106 Å². The van der Waals surface area contributed by atoms with Crippen molar-refractivity contribution in [3.05, 3.63) is 24.3 Å². The first-order chi connectivity index (χ1) is 8.33. The maximum absolute atomic E-state index is 4.56. The van der Waals surface area contributed by atoms with Crippen LogP contribution in [0.4, 0.5) is 0 Å². The smallest absolute Gasteiger partial charge is 0.166 e. The molecule has 0 fully saturated rings. The number of fused-ring (bicyclic) bond motifs is 1. The fourth-order valence-corrected chi connectivity index (χ4v) is 2.87. The number of benzene rings is 1. The van der Waals surface area contributed by atoms with E-state index in [0.717, 1.165) is 21.9 Å². The molecule has 1 atom stereocenters. The van der Waals surface area contributed by atoms with Crippen LogP contribution in [0.2, 0.25) is 0 Å². The normalized spacial score (nSPS) is 13.1. The first-order valence-corrected chi connectivity index (χ1v) is 7.07. The van der Waals surface area contributed by atoms with Crippen LogP contribution in [-0.2, 0) is 0 Å². The van der Waals surface area contributed by atoms with E-state index in [-0.39, 0.29) is 0 Å². The van der Waals surface area contributed by atoms with E-state index in [1.54, 1.807) is 11.8 Å². The van der Waals surface area contributed by atoms with E-state index in [2.05, 4.69) is 28.3 Å². The lowest BCUT2D eigenvalue weighted by molar-refractivity contribution is 0.564. The molecule has 3 nitrogen and oxygen atoms in total. The molecule has 4 heteroatoms. The van der Waals surface area contributed by atoms with Crippen molar-refractivity contribution < 1.29 is 0 Å². The predicted octanol–water partition coefficient (Wildman–Crippen LogP) is 3.04. The highest BCUT2D eigenvalue weighted by Crippen LogP contribution is 2.20. The van der Waals surface area contributed by atoms with Crippen molar-refractivity contribution in [2.45, 2.75) is 31.0 Å². The second kappa shape index (κ2) is 6.07. The van der Waals surface area contributed by atoms with Gasteiger partial charge in [-0.25, -0.2) is 4.98 Å². The van der Waals surface area contributed by atoms with Gasteiger partial charge < -0.3 is 10.3 Å². The first kappa shape index (κ1) is 12.5. The zero-order valence-electron chi connectivity index (χ0n) is 10.4. The van der Waals surface area contributed by atoms with E-state index in [1.807, 2.05) is 25.2 Å². The van der Waals surface area contributed by atoms with Crippen molar-refractivity contribution in [1.29, 1.82) is 0 Å². The molecular formula is C13H19N3S. The van der Waals surface area contributed by atoms with Gasteiger partial charge >= 0.3 is 0 Å². The minimum atomic E-state index is 0.568. The van der Waals surface area contributed by atoms with E-state index in [1.165, 1.54) is 12.8 Å². The van der Waals surface area contributed by atoms with Crippen molar-refractivity contribution >= 4 is 22.8 Å². The van der Waals surface area contributed by atoms with Gasteiger partial charge in [0, 0.05) is 11.8 Å². The summed E-state index contributed by atoms with van der Waals surface area (Å²) in [6, 6.07) is 8.72. The molecule has 92 valence electrons. The highest BCUT2D eigenvalue weighted by atomic mass is 32.2. The second-order valence-electron chi connectivity index (χ2n) is 4.14. The molecule has 1 aromatic carbocycles. The van der Waals surface area contributed by atoms with Crippen molar-refractivity contribution in [2.24, 2.45) is 0 Å². The minimum Gasteiger partial charge on any atom is -0.333 e. The van der Waals surface area contributed by atoms with E-state index in [0.29, 0.717) is 6.04 Å². The summed E-state index contributed by atoms with van der Waals surface area (Å²) >= 11 is 1.79. The lowest BCUT2D eigenvalue weighted by Gasteiger charge is -2.13. The van der Waals surface area contributed by atoms with Gasteiger partial charge in [0.25, 0.3) is 0 Å². The zero-order chi connectivity index (χ0) is 12.1. The van der Waals surface area contributed by atoms with Gasteiger partial charge in [0.05, 0.1) is 11.0 Å². The Kier molecular flexibility index (Phi) is 4.45. The molecule has 1 heterocycles. The maximum Gasteiger partial charge on any atom is 0.166 e. The molecule has 0 bridgehead atoms. The molecule has 0 amide bonds. The van der Waals surface area contributed by atoms with Crippen LogP contribution in [0.1, 0.15) is 19.8 Å². The topological polar surface area (TPSA) is 40.7 Å². The molecule has 0 saturated heterocycles. The predicted molar refractivity (Wildman–Crippen MR) is 74.6 cm³/mol. The van der Waals surface area contributed by atoms with Gasteiger partial charge in [0.2, 0.25) is 0 Å². The number of hydrogen-bond acceptors (Lipinski definition) is 3. The number of imidazole rings is 1. The summed E-state index contributed by atoms with van der Waals surface area (Å²) in [6.45, 7) is 2.22. The van der Waals surface area contributed by atoms with Gasteiger partial charge in [-0.15, -0.1) is 0 Å². The van der Waals surface area contributed by atoms with E-state index in [9.17, 15) is 0 Å². The van der Waals surface area contributed by atoms with Crippen molar-refractivity contribution in [1.82, 2.24) is 15.3 Å². The Balaban J connectivity index is 1.98. The molecule has 1 unspecified atom stereocenters. The number of aromatic amines is 1. The number of nitrogens with zero attached hydrogens (tertiary/aromatic N) is 1. The van der Waals surface area contributed by atoms with Crippen molar-refractivity contribution in [3.8, 4) is 0 Å². The molecule has 0 spiro atoms. The maximum atomic E-state index is 4.56. The number of H-pyrrole nitrogens is 1. The Morgan fingerprint density at radius 1 is 1.41 bits per heavy atom. The molecule has 0 aliphatic rings. The quantitative estimate of drug-likeness (QED) is 0.773. The SMILES string of the molecule is CCCC(CSc1nc2ccccc2[nH]1)NC. The van der Waals surface area contributed by atoms with E-state index >= 15 is 0 Å². The van der Waals surface area contributed by atoms with Gasteiger partial charge in [-0.3, -0.25) is 0 Å². The van der Waals surface area contributed by atoms with Gasteiger partial charge in [0.1, 0.15) is 0 Å². The molecule has 2 aromatic rings. The summed E-state index contributed by atoms with van der Waals surface area (Å²) in [7, 11) is 2.03. The lowest BCUT2D eigenvalue weighted by atomic mass is 10.2. The van der Waals surface area contributed by atoms with Gasteiger partial charge in [-0.05, 0) is 25.6 Å².